The van der Waals surface area contributed by atoms with Gasteiger partial charge in [-0.3, -0.25) is 9.67 Å². The highest BCUT2D eigenvalue weighted by molar-refractivity contribution is 6.30. The number of anilines is 1. The summed E-state index contributed by atoms with van der Waals surface area (Å²) in [6.07, 6.45) is 5.57. The third-order valence-electron chi connectivity index (χ3n) is 4.42. The fourth-order valence-corrected chi connectivity index (χ4v) is 3.82. The van der Waals surface area contributed by atoms with Crippen LogP contribution in [0.3, 0.4) is 0 Å². The first kappa shape index (κ1) is 18.0. The summed E-state index contributed by atoms with van der Waals surface area (Å²) in [4.78, 5) is 11.2. The van der Waals surface area contributed by atoms with E-state index in [1.165, 1.54) is 0 Å². The highest BCUT2D eigenvalue weighted by atomic mass is 35.5. The second-order valence-corrected chi connectivity index (χ2v) is 7.22. The van der Waals surface area contributed by atoms with E-state index in [4.69, 9.17) is 16.3 Å². The molecule has 0 saturated carbocycles. The summed E-state index contributed by atoms with van der Waals surface area (Å²) in [7, 11) is 0. The summed E-state index contributed by atoms with van der Waals surface area (Å²) < 4.78 is 7.43. The molecule has 1 aliphatic rings. The Morgan fingerprint density at radius 2 is 2.16 bits per heavy atom. The zero-order valence-electron chi connectivity index (χ0n) is 15.4. The van der Waals surface area contributed by atoms with Gasteiger partial charge in [-0.2, -0.15) is 10.1 Å². The second kappa shape index (κ2) is 7.60. The van der Waals surface area contributed by atoms with E-state index < -0.39 is 0 Å². The Kier molecular flexibility index (Phi) is 5.47. The Labute approximate surface area is 154 Å². The van der Waals surface area contributed by atoms with Crippen molar-refractivity contribution in [2.45, 2.75) is 53.1 Å². The fraction of sp³-hybridized carbons (Fsp3) is 0.611. The van der Waals surface area contributed by atoms with E-state index in [0.29, 0.717) is 18.4 Å². The number of hydrogen-bond donors (Lipinski definition) is 0. The number of nitrogens with zero attached hydrogens (tertiary/aromatic N) is 5. The van der Waals surface area contributed by atoms with E-state index in [1.54, 1.807) is 12.4 Å². The van der Waals surface area contributed by atoms with Gasteiger partial charge in [0, 0.05) is 18.7 Å². The first-order valence-corrected chi connectivity index (χ1v) is 9.33. The Hall–Kier alpha value is -1.82. The third kappa shape index (κ3) is 3.73. The van der Waals surface area contributed by atoms with E-state index in [1.807, 2.05) is 18.5 Å². The predicted octanol–water partition coefficient (Wildman–Crippen LogP) is 4.03. The average molecular weight is 364 g/mol. The van der Waals surface area contributed by atoms with Crippen molar-refractivity contribution in [3.8, 4) is 5.88 Å². The normalized spacial score (nSPS) is 17.5. The van der Waals surface area contributed by atoms with Crippen LogP contribution in [0.5, 0.6) is 5.88 Å². The van der Waals surface area contributed by atoms with Gasteiger partial charge in [0.05, 0.1) is 30.7 Å². The molecular formula is C18H26ClN5O. The minimum absolute atomic E-state index is 0.180. The lowest BCUT2D eigenvalue weighted by Crippen LogP contribution is -2.24. The lowest BCUT2D eigenvalue weighted by atomic mass is 10.1. The number of ether oxygens (including phenoxy) is 1. The van der Waals surface area contributed by atoms with Crippen molar-refractivity contribution in [3.63, 3.8) is 0 Å². The van der Waals surface area contributed by atoms with Crippen molar-refractivity contribution < 1.29 is 4.74 Å². The summed E-state index contributed by atoms with van der Waals surface area (Å²) in [5.74, 6) is 1.89. The van der Waals surface area contributed by atoms with Crippen molar-refractivity contribution in [1.82, 2.24) is 19.7 Å². The average Bonchev–Trinajstić information content (AvgIpc) is 3.13. The number of aryl methyl sites for hydroxylation is 1. The van der Waals surface area contributed by atoms with Crippen LogP contribution in [-0.2, 0) is 6.54 Å². The molecule has 0 radical (unpaired) electrons. The first-order valence-electron chi connectivity index (χ1n) is 8.95. The second-order valence-electron chi connectivity index (χ2n) is 6.87. The minimum Gasteiger partial charge on any atom is -0.477 e. The molecule has 1 unspecified atom stereocenters. The molecule has 0 aliphatic carbocycles. The molecule has 7 heteroatoms. The van der Waals surface area contributed by atoms with Crippen molar-refractivity contribution in [1.29, 1.82) is 0 Å². The van der Waals surface area contributed by atoms with Gasteiger partial charge in [0.25, 0.3) is 0 Å². The van der Waals surface area contributed by atoms with Gasteiger partial charge in [0.15, 0.2) is 5.82 Å². The van der Waals surface area contributed by atoms with Gasteiger partial charge < -0.3 is 9.64 Å². The zero-order chi connectivity index (χ0) is 18.0. The van der Waals surface area contributed by atoms with Crippen LogP contribution in [0, 0.1) is 12.8 Å². The number of hydrogen-bond acceptors (Lipinski definition) is 5. The van der Waals surface area contributed by atoms with Gasteiger partial charge in [-0.1, -0.05) is 25.4 Å². The molecule has 2 aromatic heterocycles. The summed E-state index contributed by atoms with van der Waals surface area (Å²) in [5.41, 5.74) is 2.11. The van der Waals surface area contributed by atoms with E-state index in [0.717, 1.165) is 48.2 Å². The fourth-order valence-electron chi connectivity index (χ4n) is 3.45. The highest BCUT2D eigenvalue weighted by Crippen LogP contribution is 2.40. The van der Waals surface area contributed by atoms with E-state index in [2.05, 4.69) is 33.8 Å². The van der Waals surface area contributed by atoms with Crippen LogP contribution in [0.1, 0.15) is 50.9 Å². The smallest absolute Gasteiger partial charge is 0.234 e. The molecule has 25 heavy (non-hydrogen) atoms. The number of aromatic nitrogens is 4. The molecule has 0 bridgehead atoms. The molecule has 3 rings (SSSR count). The molecule has 0 aromatic carbocycles. The van der Waals surface area contributed by atoms with Crippen LogP contribution < -0.4 is 9.64 Å². The van der Waals surface area contributed by atoms with Gasteiger partial charge in [-0.25, -0.2) is 0 Å². The predicted molar refractivity (Wildman–Crippen MR) is 99.3 cm³/mol. The lowest BCUT2D eigenvalue weighted by molar-refractivity contribution is 0.325. The van der Waals surface area contributed by atoms with Gasteiger partial charge in [-0.05, 0) is 32.6 Å². The van der Waals surface area contributed by atoms with E-state index >= 15 is 0 Å². The Morgan fingerprint density at radius 1 is 1.36 bits per heavy atom. The first-order chi connectivity index (χ1) is 12.0. The Morgan fingerprint density at radius 3 is 2.88 bits per heavy atom. The molecule has 1 aliphatic heterocycles. The van der Waals surface area contributed by atoms with Crippen molar-refractivity contribution in [3.05, 3.63) is 28.8 Å². The van der Waals surface area contributed by atoms with Crippen LogP contribution in [0.25, 0.3) is 0 Å². The molecule has 6 nitrogen and oxygen atoms in total. The molecule has 0 amide bonds. The van der Waals surface area contributed by atoms with Crippen molar-refractivity contribution in [2.75, 3.05) is 18.1 Å². The minimum atomic E-state index is 0.180. The quantitative estimate of drug-likeness (QED) is 0.775. The maximum Gasteiger partial charge on any atom is 0.234 e. The van der Waals surface area contributed by atoms with E-state index in [9.17, 15) is 0 Å². The maximum absolute atomic E-state index is 6.70. The highest BCUT2D eigenvalue weighted by Gasteiger charge is 2.32. The van der Waals surface area contributed by atoms with Crippen LogP contribution in [0.4, 0.5) is 5.82 Å². The van der Waals surface area contributed by atoms with Gasteiger partial charge in [-0.15, -0.1) is 0 Å². The van der Waals surface area contributed by atoms with Gasteiger partial charge in [0.1, 0.15) is 5.15 Å². The molecule has 0 spiro atoms. The zero-order valence-corrected chi connectivity index (χ0v) is 16.1. The molecule has 2 aromatic rings. The monoisotopic (exact) mass is 363 g/mol. The standard InChI is InChI=1S/C18H26ClN5O/c1-5-25-16-10-20-9-15(21-16)23-8-6-7-14(23)17-13(4)22-24(18(17)19)11-12(2)3/h9-10,12,14H,5-8,11H2,1-4H3. The van der Waals surface area contributed by atoms with E-state index in [-0.39, 0.29) is 6.04 Å². The summed E-state index contributed by atoms with van der Waals surface area (Å²) in [6.45, 7) is 10.7. The number of rotatable bonds is 6. The molecule has 3 heterocycles. The van der Waals surface area contributed by atoms with Gasteiger partial charge in [0.2, 0.25) is 5.88 Å². The van der Waals surface area contributed by atoms with Crippen molar-refractivity contribution in [2.24, 2.45) is 5.92 Å². The molecule has 0 N–H and O–H groups in total. The molecular weight excluding hydrogens is 338 g/mol. The third-order valence-corrected chi connectivity index (χ3v) is 4.82. The molecule has 136 valence electrons. The van der Waals surface area contributed by atoms with Crippen LogP contribution in [-0.4, -0.2) is 32.9 Å². The molecule has 1 atom stereocenters. The Balaban J connectivity index is 1.92. The molecule has 1 fully saturated rings. The summed E-state index contributed by atoms with van der Waals surface area (Å²) in [5, 5.41) is 5.41. The maximum atomic E-state index is 6.70. The molecule has 1 saturated heterocycles. The summed E-state index contributed by atoms with van der Waals surface area (Å²) in [6, 6.07) is 0.180. The topological polar surface area (TPSA) is 56.1 Å². The summed E-state index contributed by atoms with van der Waals surface area (Å²) >= 11 is 6.70. The van der Waals surface area contributed by atoms with Crippen LogP contribution >= 0.6 is 11.6 Å². The SMILES string of the molecule is CCOc1cncc(N2CCCC2c2c(C)nn(CC(C)C)c2Cl)n1. The largest absolute Gasteiger partial charge is 0.477 e. The lowest BCUT2D eigenvalue weighted by Gasteiger charge is -2.26. The van der Waals surface area contributed by atoms with Crippen LogP contribution in [0.15, 0.2) is 12.4 Å². The van der Waals surface area contributed by atoms with Crippen LogP contribution in [0.2, 0.25) is 5.15 Å². The Bertz CT molecular complexity index is 730. The van der Waals surface area contributed by atoms with Crippen molar-refractivity contribution >= 4 is 17.4 Å². The van der Waals surface area contributed by atoms with Gasteiger partial charge >= 0.3 is 0 Å². The number of halogens is 1.